The van der Waals surface area contributed by atoms with Crippen LogP contribution >= 0.6 is 0 Å². The Bertz CT molecular complexity index is 339. The van der Waals surface area contributed by atoms with Crippen LogP contribution in [-0.4, -0.2) is 24.2 Å². The summed E-state index contributed by atoms with van der Waals surface area (Å²) in [6.45, 7) is 2.33. The number of benzene rings is 1. The van der Waals surface area contributed by atoms with E-state index in [1.165, 1.54) is 0 Å². The van der Waals surface area contributed by atoms with Crippen molar-refractivity contribution in [1.29, 1.82) is 0 Å². The van der Waals surface area contributed by atoms with E-state index in [9.17, 15) is 4.79 Å². The fraction of sp³-hybridized carbons (Fsp3) is 0.364. The molecule has 1 rings (SSSR count). The van der Waals surface area contributed by atoms with Crippen molar-refractivity contribution in [3.63, 3.8) is 0 Å². The lowest BCUT2D eigenvalue weighted by Gasteiger charge is -2.10. The van der Waals surface area contributed by atoms with Crippen LogP contribution in [0, 0.1) is 0 Å². The zero-order valence-electron chi connectivity index (χ0n) is 8.73. The molecular weight excluding hydrogens is 192 g/mol. The van der Waals surface area contributed by atoms with Crippen LogP contribution in [0.1, 0.15) is 28.9 Å². The van der Waals surface area contributed by atoms with Gasteiger partial charge in [0.25, 0.3) is 5.91 Å². The molecule has 0 aliphatic heterocycles. The summed E-state index contributed by atoms with van der Waals surface area (Å²) >= 11 is 0. The lowest BCUT2D eigenvalue weighted by atomic mass is 10.0. The van der Waals surface area contributed by atoms with Crippen molar-refractivity contribution in [3.8, 4) is 0 Å². The van der Waals surface area contributed by atoms with Crippen LogP contribution < -0.4 is 11.1 Å². The van der Waals surface area contributed by atoms with Crippen molar-refractivity contribution in [2.24, 2.45) is 5.73 Å². The van der Waals surface area contributed by atoms with Gasteiger partial charge in [-0.25, -0.2) is 0 Å². The first kappa shape index (κ1) is 11.7. The van der Waals surface area contributed by atoms with Gasteiger partial charge in [-0.1, -0.05) is 12.1 Å². The maximum absolute atomic E-state index is 11.5. The average molecular weight is 208 g/mol. The summed E-state index contributed by atoms with van der Waals surface area (Å²) in [5.74, 6) is -0.121. The maximum atomic E-state index is 11.5. The molecule has 15 heavy (non-hydrogen) atoms. The normalized spacial score (nSPS) is 12.2. The molecule has 0 aromatic heterocycles. The summed E-state index contributed by atoms with van der Waals surface area (Å²) in [6, 6.07) is 6.54. The molecule has 4 heteroatoms. The predicted molar refractivity (Wildman–Crippen MR) is 58.5 cm³/mol. The molecular formula is C11H16N2O2. The van der Waals surface area contributed by atoms with Crippen LogP contribution in [0.5, 0.6) is 0 Å². The lowest BCUT2D eigenvalue weighted by Crippen LogP contribution is -2.23. The van der Waals surface area contributed by atoms with Crippen molar-refractivity contribution < 1.29 is 9.90 Å². The number of carbonyl (C=O) groups excluding carboxylic acids is 1. The van der Waals surface area contributed by atoms with Gasteiger partial charge < -0.3 is 16.2 Å². The minimum absolute atomic E-state index is 0.121. The number of aliphatic hydroxyl groups excluding tert-OH is 1. The fourth-order valence-electron chi connectivity index (χ4n) is 1.28. The minimum Gasteiger partial charge on any atom is -0.394 e. The number of nitrogens with one attached hydrogen (secondary N) is 1. The summed E-state index contributed by atoms with van der Waals surface area (Å²) < 4.78 is 0. The molecule has 1 atom stereocenters. The summed E-state index contributed by atoms with van der Waals surface area (Å²) in [4.78, 5) is 11.5. The van der Waals surface area contributed by atoms with Gasteiger partial charge in [-0.2, -0.15) is 0 Å². The van der Waals surface area contributed by atoms with Gasteiger partial charge in [0.05, 0.1) is 12.6 Å². The maximum Gasteiger partial charge on any atom is 0.251 e. The second kappa shape index (κ2) is 5.48. The molecule has 1 aromatic rings. The third kappa shape index (κ3) is 3.04. The van der Waals surface area contributed by atoms with Crippen molar-refractivity contribution in [1.82, 2.24) is 5.32 Å². The second-order valence-electron chi connectivity index (χ2n) is 3.27. The van der Waals surface area contributed by atoms with Crippen LogP contribution in [0.3, 0.4) is 0 Å². The number of rotatable bonds is 4. The third-order valence-corrected chi connectivity index (χ3v) is 2.11. The lowest BCUT2D eigenvalue weighted by molar-refractivity contribution is 0.0955. The van der Waals surface area contributed by atoms with Gasteiger partial charge in [-0.3, -0.25) is 4.79 Å². The predicted octanol–water partition coefficient (Wildman–Crippen LogP) is 0.428. The highest BCUT2D eigenvalue weighted by Crippen LogP contribution is 2.11. The molecule has 1 amide bonds. The second-order valence-corrected chi connectivity index (χ2v) is 3.27. The largest absolute Gasteiger partial charge is 0.394 e. The first-order valence-electron chi connectivity index (χ1n) is 4.93. The van der Waals surface area contributed by atoms with E-state index in [1.807, 2.05) is 6.92 Å². The highest BCUT2D eigenvalue weighted by atomic mass is 16.3. The molecule has 0 heterocycles. The van der Waals surface area contributed by atoms with Gasteiger partial charge in [-0.05, 0) is 24.6 Å². The van der Waals surface area contributed by atoms with E-state index < -0.39 is 6.04 Å². The van der Waals surface area contributed by atoms with E-state index in [0.29, 0.717) is 12.1 Å². The Hall–Kier alpha value is -1.39. The van der Waals surface area contributed by atoms with E-state index in [-0.39, 0.29) is 12.5 Å². The van der Waals surface area contributed by atoms with E-state index in [1.54, 1.807) is 24.3 Å². The highest BCUT2D eigenvalue weighted by Gasteiger charge is 2.08. The summed E-state index contributed by atoms with van der Waals surface area (Å²) in [7, 11) is 0. The number of aliphatic hydroxyl groups is 1. The van der Waals surface area contributed by atoms with Crippen LogP contribution in [0.2, 0.25) is 0 Å². The van der Waals surface area contributed by atoms with Crippen molar-refractivity contribution in [3.05, 3.63) is 35.4 Å². The molecule has 0 aliphatic carbocycles. The van der Waals surface area contributed by atoms with Gasteiger partial charge in [0, 0.05) is 12.1 Å². The minimum atomic E-state index is -0.431. The Labute approximate surface area is 89.1 Å². The van der Waals surface area contributed by atoms with Crippen LogP contribution in [-0.2, 0) is 0 Å². The Morgan fingerprint density at radius 3 is 2.93 bits per heavy atom. The molecule has 0 radical (unpaired) electrons. The van der Waals surface area contributed by atoms with Gasteiger partial charge in [0.15, 0.2) is 0 Å². The van der Waals surface area contributed by atoms with Crippen molar-refractivity contribution in [2.75, 3.05) is 13.2 Å². The summed E-state index contributed by atoms with van der Waals surface area (Å²) in [6.07, 6.45) is 0. The monoisotopic (exact) mass is 208 g/mol. The van der Waals surface area contributed by atoms with E-state index >= 15 is 0 Å². The SMILES string of the molecule is CCNC(=O)c1cccc([C@H](N)CO)c1. The van der Waals surface area contributed by atoms with Crippen LogP contribution in [0.4, 0.5) is 0 Å². The summed E-state index contributed by atoms with van der Waals surface area (Å²) in [5, 5.41) is 11.6. The van der Waals surface area contributed by atoms with E-state index in [2.05, 4.69) is 5.32 Å². The Kier molecular flexibility index (Phi) is 4.27. The van der Waals surface area contributed by atoms with Gasteiger partial charge in [0.2, 0.25) is 0 Å². The first-order chi connectivity index (χ1) is 7.19. The molecule has 0 saturated heterocycles. The number of hydrogen-bond donors (Lipinski definition) is 3. The molecule has 0 aliphatic rings. The van der Waals surface area contributed by atoms with Crippen molar-refractivity contribution >= 4 is 5.91 Å². The molecule has 1 aromatic carbocycles. The molecule has 0 fully saturated rings. The van der Waals surface area contributed by atoms with Gasteiger partial charge >= 0.3 is 0 Å². The smallest absolute Gasteiger partial charge is 0.251 e. The van der Waals surface area contributed by atoms with Crippen LogP contribution in [0.25, 0.3) is 0 Å². The van der Waals surface area contributed by atoms with Gasteiger partial charge in [0.1, 0.15) is 0 Å². The third-order valence-electron chi connectivity index (χ3n) is 2.11. The number of hydrogen-bond acceptors (Lipinski definition) is 3. The standard InChI is InChI=1S/C11H16N2O2/c1-2-13-11(15)9-5-3-4-8(6-9)10(12)7-14/h3-6,10,14H,2,7,12H2,1H3,(H,13,15)/t10-/m1/s1. The quantitative estimate of drug-likeness (QED) is 0.671. The molecule has 4 nitrogen and oxygen atoms in total. The number of amides is 1. The molecule has 0 spiro atoms. The molecule has 0 unspecified atom stereocenters. The van der Waals surface area contributed by atoms with Crippen LogP contribution in [0.15, 0.2) is 24.3 Å². The van der Waals surface area contributed by atoms with Crippen molar-refractivity contribution in [2.45, 2.75) is 13.0 Å². The molecule has 0 bridgehead atoms. The molecule has 82 valence electrons. The molecule has 0 saturated carbocycles. The first-order valence-corrected chi connectivity index (χ1v) is 4.93. The highest BCUT2D eigenvalue weighted by molar-refractivity contribution is 5.94. The van der Waals surface area contributed by atoms with E-state index in [4.69, 9.17) is 10.8 Å². The number of carbonyl (C=O) groups is 1. The summed E-state index contributed by atoms with van der Waals surface area (Å²) in [5.41, 5.74) is 6.99. The zero-order valence-corrected chi connectivity index (χ0v) is 8.73. The Morgan fingerprint density at radius 2 is 2.33 bits per heavy atom. The van der Waals surface area contributed by atoms with Gasteiger partial charge in [-0.15, -0.1) is 0 Å². The Morgan fingerprint density at radius 1 is 1.60 bits per heavy atom. The Balaban J connectivity index is 2.87. The zero-order chi connectivity index (χ0) is 11.3. The topological polar surface area (TPSA) is 75.4 Å². The fourth-order valence-corrected chi connectivity index (χ4v) is 1.28. The number of nitrogens with two attached hydrogens (primary N) is 1. The average Bonchev–Trinajstić information content (AvgIpc) is 2.28. The van der Waals surface area contributed by atoms with E-state index in [0.717, 1.165) is 5.56 Å². The molecule has 4 N–H and O–H groups in total.